The largest absolute Gasteiger partial charge is 0.477 e. The van der Waals surface area contributed by atoms with Crippen molar-refractivity contribution in [3.63, 3.8) is 0 Å². The summed E-state index contributed by atoms with van der Waals surface area (Å²) in [5.74, 6) is -3.07. The number of aromatic carboxylic acids is 1. The number of carbonyl (C=O) groups is 1. The van der Waals surface area contributed by atoms with E-state index in [1.165, 1.54) is 10.8 Å². The molecule has 0 aliphatic heterocycles. The number of nitrogens with zero attached hydrogens (tertiary/aromatic N) is 2. The lowest BCUT2D eigenvalue weighted by atomic mass is 10.1. The second kappa shape index (κ2) is 7.31. The second-order valence-corrected chi connectivity index (χ2v) is 7.21. The number of carboxylic acids is 1. The topological polar surface area (TPSA) is 62.5 Å². The molecule has 0 saturated heterocycles. The number of rotatable bonds is 6. The van der Waals surface area contributed by atoms with E-state index in [-0.39, 0.29) is 29.1 Å². The van der Waals surface area contributed by atoms with Crippen LogP contribution in [0.3, 0.4) is 0 Å². The van der Waals surface area contributed by atoms with Crippen molar-refractivity contribution in [2.45, 2.75) is 32.4 Å². The van der Waals surface area contributed by atoms with Crippen molar-refractivity contribution in [1.29, 1.82) is 0 Å². The van der Waals surface area contributed by atoms with Gasteiger partial charge in [0.2, 0.25) is 5.43 Å². The summed E-state index contributed by atoms with van der Waals surface area (Å²) in [5.41, 5.74) is -0.683. The van der Waals surface area contributed by atoms with Gasteiger partial charge in [-0.3, -0.25) is 4.79 Å². The Balaban J connectivity index is 1.90. The molecule has 0 spiro atoms. The average molecular weight is 398 g/mol. The summed E-state index contributed by atoms with van der Waals surface area (Å²) in [6, 6.07) is 10.2. The molecule has 29 heavy (non-hydrogen) atoms. The highest BCUT2D eigenvalue weighted by Gasteiger charge is 2.30. The summed E-state index contributed by atoms with van der Waals surface area (Å²) >= 11 is 0. The van der Waals surface area contributed by atoms with Gasteiger partial charge in [0.15, 0.2) is 5.82 Å². The van der Waals surface area contributed by atoms with E-state index in [0.717, 1.165) is 24.6 Å². The fourth-order valence-electron chi connectivity index (χ4n) is 3.63. The Morgan fingerprint density at radius 3 is 2.52 bits per heavy atom. The molecule has 1 heterocycles. The van der Waals surface area contributed by atoms with Gasteiger partial charge in [0.1, 0.15) is 11.4 Å². The quantitative estimate of drug-likeness (QED) is 0.671. The molecule has 0 atom stereocenters. The molecule has 0 unspecified atom stereocenters. The first kappa shape index (κ1) is 19.1. The fourth-order valence-corrected chi connectivity index (χ4v) is 3.63. The van der Waals surface area contributed by atoms with Crippen LogP contribution < -0.4 is 10.3 Å². The van der Waals surface area contributed by atoms with E-state index in [2.05, 4.69) is 0 Å². The molecule has 150 valence electrons. The molecule has 1 saturated carbocycles. The molecule has 1 aliphatic carbocycles. The molecule has 4 rings (SSSR count). The zero-order chi connectivity index (χ0) is 20.7. The third-order valence-electron chi connectivity index (χ3n) is 5.33. The molecule has 0 amide bonds. The van der Waals surface area contributed by atoms with E-state index in [9.17, 15) is 19.1 Å². The maximum absolute atomic E-state index is 15.5. The lowest BCUT2D eigenvalue weighted by Gasteiger charge is -2.24. The monoisotopic (exact) mass is 398 g/mol. The summed E-state index contributed by atoms with van der Waals surface area (Å²) in [7, 11) is 0. The molecule has 1 aliphatic rings. The smallest absolute Gasteiger partial charge is 0.341 e. The van der Waals surface area contributed by atoms with Gasteiger partial charge in [-0.15, -0.1) is 0 Å². The molecule has 7 heteroatoms. The highest BCUT2D eigenvalue weighted by atomic mass is 19.1. The predicted octanol–water partition coefficient (Wildman–Crippen LogP) is 4.34. The Hall–Kier alpha value is -3.22. The molecular formula is C22H20F2N2O3. The van der Waals surface area contributed by atoms with Crippen LogP contribution in [0.1, 0.15) is 41.7 Å². The molecule has 1 aromatic heterocycles. The predicted molar refractivity (Wildman–Crippen MR) is 107 cm³/mol. The number of benzene rings is 2. The molecule has 2 aromatic carbocycles. The number of pyridine rings is 1. The third-order valence-corrected chi connectivity index (χ3v) is 5.33. The van der Waals surface area contributed by atoms with Crippen molar-refractivity contribution in [2.75, 3.05) is 11.4 Å². The summed E-state index contributed by atoms with van der Waals surface area (Å²) in [4.78, 5) is 25.8. The van der Waals surface area contributed by atoms with Crippen LogP contribution in [0.2, 0.25) is 0 Å². The molecule has 0 bridgehead atoms. The fraction of sp³-hybridized carbons (Fsp3) is 0.273. The number of fused-ring (bicyclic) bond motifs is 1. The molecule has 1 N–H and O–H groups in total. The van der Waals surface area contributed by atoms with Gasteiger partial charge in [0, 0.05) is 36.6 Å². The summed E-state index contributed by atoms with van der Waals surface area (Å²) in [6.07, 6.45) is 2.70. The first-order valence-electron chi connectivity index (χ1n) is 9.51. The van der Waals surface area contributed by atoms with Crippen molar-refractivity contribution >= 4 is 22.6 Å². The normalized spacial score (nSPS) is 13.6. The Morgan fingerprint density at radius 2 is 1.93 bits per heavy atom. The number of para-hydroxylation sites is 1. The van der Waals surface area contributed by atoms with Gasteiger partial charge in [-0.25, -0.2) is 13.6 Å². The summed E-state index contributed by atoms with van der Waals surface area (Å²) < 4.78 is 31.9. The van der Waals surface area contributed by atoms with Crippen LogP contribution in [-0.4, -0.2) is 22.2 Å². The maximum Gasteiger partial charge on any atom is 0.341 e. The highest BCUT2D eigenvalue weighted by Crippen LogP contribution is 2.38. The van der Waals surface area contributed by atoms with E-state index >= 15 is 4.39 Å². The first-order valence-corrected chi connectivity index (χ1v) is 9.51. The summed E-state index contributed by atoms with van der Waals surface area (Å²) in [6.45, 7) is 2.42. The lowest BCUT2D eigenvalue weighted by Crippen LogP contribution is -2.25. The maximum atomic E-state index is 15.5. The number of halogens is 2. The van der Waals surface area contributed by atoms with Crippen molar-refractivity contribution in [3.8, 4) is 0 Å². The minimum atomic E-state index is -1.41. The minimum Gasteiger partial charge on any atom is -0.477 e. The number of anilines is 1. The van der Waals surface area contributed by atoms with Crippen molar-refractivity contribution in [2.24, 2.45) is 0 Å². The number of carboxylic acid groups (broad SMARTS) is 1. The lowest BCUT2D eigenvalue weighted by molar-refractivity contribution is 0.0695. The highest BCUT2D eigenvalue weighted by molar-refractivity contribution is 5.93. The van der Waals surface area contributed by atoms with Gasteiger partial charge >= 0.3 is 5.97 Å². The molecular weight excluding hydrogens is 378 g/mol. The van der Waals surface area contributed by atoms with Crippen LogP contribution in [0.15, 0.2) is 47.4 Å². The van der Waals surface area contributed by atoms with Gasteiger partial charge in [-0.1, -0.05) is 18.2 Å². The Bertz CT molecular complexity index is 1150. The van der Waals surface area contributed by atoms with Crippen LogP contribution in [0.25, 0.3) is 10.9 Å². The zero-order valence-electron chi connectivity index (χ0n) is 15.9. The zero-order valence-corrected chi connectivity index (χ0v) is 15.9. The van der Waals surface area contributed by atoms with E-state index in [0.29, 0.717) is 6.54 Å². The van der Waals surface area contributed by atoms with Crippen molar-refractivity contribution < 1.29 is 18.7 Å². The molecule has 3 aromatic rings. The average Bonchev–Trinajstić information content (AvgIpc) is 3.54. The first-order chi connectivity index (χ1) is 13.9. The standard InChI is InChI=1S/C22H20F2N2O3/c1-2-25(13-6-4-3-5-7-13)11-16-18(23)10-15-20(19(16)24)26(14-8-9-14)12-17(21(15)27)22(28)29/h3-7,10,12,14H,2,8-9,11H2,1H3,(H,28,29). The minimum absolute atomic E-state index is 0.00629. The molecule has 5 nitrogen and oxygen atoms in total. The van der Waals surface area contributed by atoms with Crippen LogP contribution >= 0.6 is 0 Å². The third kappa shape index (κ3) is 3.37. The second-order valence-electron chi connectivity index (χ2n) is 7.21. The van der Waals surface area contributed by atoms with Crippen LogP contribution in [0.5, 0.6) is 0 Å². The van der Waals surface area contributed by atoms with Crippen LogP contribution in [0, 0.1) is 11.6 Å². The van der Waals surface area contributed by atoms with Crippen LogP contribution in [-0.2, 0) is 6.54 Å². The Morgan fingerprint density at radius 1 is 1.24 bits per heavy atom. The van der Waals surface area contributed by atoms with Gasteiger partial charge < -0.3 is 14.6 Å². The van der Waals surface area contributed by atoms with E-state index < -0.39 is 28.6 Å². The Labute approximate surface area is 165 Å². The van der Waals surface area contributed by atoms with Crippen LogP contribution in [0.4, 0.5) is 14.5 Å². The van der Waals surface area contributed by atoms with E-state index in [4.69, 9.17) is 0 Å². The van der Waals surface area contributed by atoms with E-state index in [1.807, 2.05) is 42.2 Å². The summed E-state index contributed by atoms with van der Waals surface area (Å²) in [5, 5.41) is 9.08. The van der Waals surface area contributed by atoms with Crippen molar-refractivity contribution in [1.82, 2.24) is 4.57 Å². The van der Waals surface area contributed by atoms with Crippen molar-refractivity contribution in [3.05, 3.63) is 75.6 Å². The molecule has 0 radical (unpaired) electrons. The number of hydrogen-bond donors (Lipinski definition) is 1. The van der Waals surface area contributed by atoms with Gasteiger partial charge in [-0.2, -0.15) is 0 Å². The molecule has 1 fully saturated rings. The Kier molecular flexibility index (Phi) is 4.82. The van der Waals surface area contributed by atoms with Gasteiger partial charge in [0.05, 0.1) is 10.9 Å². The number of aromatic nitrogens is 1. The van der Waals surface area contributed by atoms with Gasteiger partial charge in [0.25, 0.3) is 0 Å². The number of hydrogen-bond acceptors (Lipinski definition) is 3. The van der Waals surface area contributed by atoms with Gasteiger partial charge in [-0.05, 0) is 38.0 Å². The SMILES string of the molecule is CCN(Cc1c(F)cc2c(=O)c(C(=O)O)cn(C3CC3)c2c1F)c1ccccc1. The van der Waals surface area contributed by atoms with E-state index in [1.54, 1.807) is 0 Å².